The Kier molecular flexibility index (Phi) is 6.82. The molecule has 1 aliphatic rings. The van der Waals surface area contributed by atoms with Crippen LogP contribution in [0.15, 0.2) is 36.4 Å². The molecule has 1 aromatic heterocycles. The second kappa shape index (κ2) is 9.51. The Morgan fingerprint density at radius 2 is 1.97 bits per heavy atom. The van der Waals surface area contributed by atoms with Gasteiger partial charge in [0.1, 0.15) is 12.5 Å². The highest BCUT2D eigenvalue weighted by Gasteiger charge is 2.21. The van der Waals surface area contributed by atoms with Crippen LogP contribution in [-0.2, 0) is 0 Å². The maximum atomic E-state index is 12.7. The van der Waals surface area contributed by atoms with Crippen LogP contribution in [0, 0.1) is 10.1 Å². The predicted molar refractivity (Wildman–Crippen MR) is 114 cm³/mol. The molecular formula is C20H27FN6O2. The monoisotopic (exact) mass is 402 g/mol. The van der Waals surface area contributed by atoms with Gasteiger partial charge >= 0.3 is 5.69 Å². The SMILES string of the molecule is CCN(CCF)c1ccc(Nc2nc(N3CCC(N)CC3)ccc2[N+](=O)[O-])cc1. The van der Waals surface area contributed by atoms with Gasteiger partial charge in [0, 0.05) is 49.7 Å². The van der Waals surface area contributed by atoms with Gasteiger partial charge < -0.3 is 20.9 Å². The number of hydrogen-bond donors (Lipinski definition) is 2. The van der Waals surface area contributed by atoms with Crippen LogP contribution in [0.1, 0.15) is 19.8 Å². The zero-order valence-corrected chi connectivity index (χ0v) is 16.6. The second-order valence-corrected chi connectivity index (χ2v) is 7.06. The minimum Gasteiger partial charge on any atom is -0.369 e. The van der Waals surface area contributed by atoms with E-state index in [0.717, 1.165) is 31.6 Å². The van der Waals surface area contributed by atoms with Crippen molar-refractivity contribution in [1.29, 1.82) is 0 Å². The zero-order chi connectivity index (χ0) is 20.8. The Labute approximate surface area is 169 Å². The summed E-state index contributed by atoms with van der Waals surface area (Å²) in [5.74, 6) is 0.896. The van der Waals surface area contributed by atoms with Crippen LogP contribution in [0.2, 0.25) is 0 Å². The number of pyridine rings is 1. The third-order valence-electron chi connectivity index (χ3n) is 5.15. The summed E-state index contributed by atoms with van der Waals surface area (Å²) in [7, 11) is 0. The average molecular weight is 402 g/mol. The summed E-state index contributed by atoms with van der Waals surface area (Å²) in [6.45, 7) is 4.14. The normalized spacial score (nSPS) is 14.7. The van der Waals surface area contributed by atoms with Crippen molar-refractivity contribution < 1.29 is 9.31 Å². The van der Waals surface area contributed by atoms with E-state index in [1.165, 1.54) is 6.07 Å². The molecule has 1 aromatic carbocycles. The summed E-state index contributed by atoms with van der Waals surface area (Å²) in [6.07, 6.45) is 1.74. The van der Waals surface area contributed by atoms with E-state index in [9.17, 15) is 14.5 Å². The van der Waals surface area contributed by atoms with E-state index in [2.05, 4.69) is 15.2 Å². The number of nitrogens with zero attached hydrogens (tertiary/aromatic N) is 4. The van der Waals surface area contributed by atoms with E-state index < -0.39 is 11.6 Å². The van der Waals surface area contributed by atoms with Gasteiger partial charge in [0.25, 0.3) is 0 Å². The van der Waals surface area contributed by atoms with Crippen LogP contribution in [0.4, 0.5) is 33.1 Å². The van der Waals surface area contributed by atoms with Crippen LogP contribution in [0.3, 0.4) is 0 Å². The molecule has 0 atom stereocenters. The molecule has 2 heterocycles. The van der Waals surface area contributed by atoms with E-state index in [-0.39, 0.29) is 17.5 Å². The van der Waals surface area contributed by atoms with Crippen molar-refractivity contribution in [2.24, 2.45) is 5.73 Å². The van der Waals surface area contributed by atoms with Gasteiger partial charge in [-0.3, -0.25) is 10.1 Å². The van der Waals surface area contributed by atoms with Gasteiger partial charge in [-0.25, -0.2) is 9.37 Å². The van der Waals surface area contributed by atoms with Crippen molar-refractivity contribution in [3.05, 3.63) is 46.5 Å². The topological polar surface area (TPSA) is 101 Å². The molecule has 3 rings (SSSR count). The molecule has 1 fully saturated rings. The lowest BCUT2D eigenvalue weighted by molar-refractivity contribution is -0.384. The first kappa shape index (κ1) is 20.8. The number of halogens is 1. The van der Waals surface area contributed by atoms with Crippen molar-refractivity contribution in [3.8, 4) is 0 Å². The maximum absolute atomic E-state index is 12.7. The Morgan fingerprint density at radius 3 is 2.55 bits per heavy atom. The first-order valence-corrected chi connectivity index (χ1v) is 9.85. The molecule has 1 aliphatic heterocycles. The predicted octanol–water partition coefficient (Wildman–Crippen LogP) is 3.46. The van der Waals surface area contributed by atoms with Gasteiger partial charge in [-0.15, -0.1) is 0 Å². The van der Waals surface area contributed by atoms with E-state index >= 15 is 0 Å². The fourth-order valence-electron chi connectivity index (χ4n) is 3.45. The fourth-order valence-corrected chi connectivity index (χ4v) is 3.45. The summed E-state index contributed by atoms with van der Waals surface area (Å²) >= 11 is 0. The molecule has 3 N–H and O–H groups in total. The number of hydrogen-bond acceptors (Lipinski definition) is 7. The third-order valence-corrected chi connectivity index (χ3v) is 5.15. The summed E-state index contributed by atoms with van der Waals surface area (Å²) < 4.78 is 12.7. The van der Waals surface area contributed by atoms with Crippen LogP contribution < -0.4 is 20.9 Å². The molecule has 0 spiro atoms. The van der Waals surface area contributed by atoms with Gasteiger partial charge in [-0.05, 0) is 50.1 Å². The van der Waals surface area contributed by atoms with Crippen molar-refractivity contribution in [2.45, 2.75) is 25.8 Å². The molecular weight excluding hydrogens is 375 g/mol. The Hall–Kier alpha value is -2.94. The number of aromatic nitrogens is 1. The third kappa shape index (κ3) is 5.11. The molecule has 156 valence electrons. The highest BCUT2D eigenvalue weighted by Crippen LogP contribution is 2.30. The lowest BCUT2D eigenvalue weighted by atomic mass is 10.1. The van der Waals surface area contributed by atoms with Crippen LogP contribution in [-0.4, -0.2) is 48.8 Å². The molecule has 0 radical (unpaired) electrons. The fraction of sp³-hybridized carbons (Fsp3) is 0.450. The van der Waals surface area contributed by atoms with E-state index in [0.29, 0.717) is 24.6 Å². The van der Waals surface area contributed by atoms with Crippen molar-refractivity contribution in [2.75, 3.05) is 48.0 Å². The Balaban J connectivity index is 1.81. The molecule has 0 bridgehead atoms. The van der Waals surface area contributed by atoms with Crippen molar-refractivity contribution in [1.82, 2.24) is 4.98 Å². The molecule has 0 aliphatic carbocycles. The molecule has 0 unspecified atom stereocenters. The molecule has 1 saturated heterocycles. The van der Waals surface area contributed by atoms with Gasteiger partial charge in [0.05, 0.1) is 4.92 Å². The number of rotatable bonds is 8. The minimum atomic E-state index is -0.445. The lowest BCUT2D eigenvalue weighted by Crippen LogP contribution is -2.40. The van der Waals surface area contributed by atoms with E-state index in [4.69, 9.17) is 5.73 Å². The Bertz CT molecular complexity index is 824. The van der Waals surface area contributed by atoms with E-state index in [1.807, 2.05) is 36.1 Å². The number of anilines is 4. The average Bonchev–Trinajstić information content (AvgIpc) is 2.73. The van der Waals surface area contributed by atoms with Crippen LogP contribution in [0.5, 0.6) is 0 Å². The smallest absolute Gasteiger partial charge is 0.311 e. The molecule has 0 saturated carbocycles. The molecule has 2 aromatic rings. The first-order chi connectivity index (χ1) is 14.0. The summed E-state index contributed by atoms with van der Waals surface area (Å²) in [5.41, 5.74) is 7.45. The number of alkyl halides is 1. The van der Waals surface area contributed by atoms with Crippen molar-refractivity contribution >= 4 is 28.7 Å². The second-order valence-electron chi connectivity index (χ2n) is 7.06. The Morgan fingerprint density at radius 1 is 1.28 bits per heavy atom. The number of nitrogens with two attached hydrogens (primary N) is 1. The molecule has 0 amide bonds. The standard InChI is InChI=1S/C20H27FN6O2/c1-2-25(14-11-21)17-5-3-16(4-6-17)23-20-18(27(28)29)7-8-19(24-20)26-12-9-15(22)10-13-26/h3-8,15H,2,9-14,22H2,1H3,(H,23,24). The van der Waals surface area contributed by atoms with Gasteiger partial charge in [0.15, 0.2) is 0 Å². The van der Waals surface area contributed by atoms with Crippen LogP contribution >= 0.6 is 0 Å². The zero-order valence-electron chi connectivity index (χ0n) is 16.6. The summed E-state index contributed by atoms with van der Waals surface area (Å²) in [5, 5.41) is 14.5. The highest BCUT2D eigenvalue weighted by atomic mass is 19.1. The quantitative estimate of drug-likeness (QED) is 0.515. The summed E-state index contributed by atoms with van der Waals surface area (Å²) in [6, 6.07) is 10.7. The maximum Gasteiger partial charge on any atom is 0.311 e. The highest BCUT2D eigenvalue weighted by molar-refractivity contribution is 5.69. The van der Waals surface area contributed by atoms with Crippen molar-refractivity contribution in [3.63, 3.8) is 0 Å². The molecule has 8 nitrogen and oxygen atoms in total. The van der Waals surface area contributed by atoms with Gasteiger partial charge in [-0.1, -0.05) is 0 Å². The summed E-state index contributed by atoms with van der Waals surface area (Å²) in [4.78, 5) is 19.5. The number of nitrogens with one attached hydrogen (secondary N) is 1. The number of benzene rings is 1. The number of piperidine rings is 1. The first-order valence-electron chi connectivity index (χ1n) is 9.85. The number of nitro groups is 1. The molecule has 29 heavy (non-hydrogen) atoms. The molecule has 9 heteroatoms. The van der Waals surface area contributed by atoms with Crippen LogP contribution in [0.25, 0.3) is 0 Å². The van der Waals surface area contributed by atoms with Gasteiger partial charge in [-0.2, -0.15) is 0 Å². The van der Waals surface area contributed by atoms with Gasteiger partial charge in [0.2, 0.25) is 5.82 Å². The minimum absolute atomic E-state index is 0.0841. The lowest BCUT2D eigenvalue weighted by Gasteiger charge is -2.31. The largest absolute Gasteiger partial charge is 0.369 e. The van der Waals surface area contributed by atoms with E-state index in [1.54, 1.807) is 6.07 Å².